The van der Waals surface area contributed by atoms with Crippen LogP contribution >= 0.6 is 11.8 Å². The van der Waals surface area contributed by atoms with Gasteiger partial charge in [-0.25, -0.2) is 0 Å². The van der Waals surface area contributed by atoms with Crippen LogP contribution in [0.4, 0.5) is 0 Å². The Balaban J connectivity index is 2.30. The van der Waals surface area contributed by atoms with Gasteiger partial charge in [-0.1, -0.05) is 0 Å². The van der Waals surface area contributed by atoms with Crippen molar-refractivity contribution in [3.63, 3.8) is 0 Å². The first-order chi connectivity index (χ1) is 9.58. The van der Waals surface area contributed by atoms with Crippen molar-refractivity contribution in [2.24, 2.45) is 5.92 Å². The average Bonchev–Trinajstić information content (AvgIpc) is 2.45. The van der Waals surface area contributed by atoms with Crippen LogP contribution in [0.5, 0.6) is 0 Å². The maximum absolute atomic E-state index is 12.1. The number of carbonyl (C=O) groups excluding carboxylic acids is 2. The summed E-state index contributed by atoms with van der Waals surface area (Å²) in [5.74, 6) is 1.20. The molecule has 20 heavy (non-hydrogen) atoms. The molecule has 2 amide bonds. The molecular weight excluding hydrogens is 276 g/mol. The summed E-state index contributed by atoms with van der Waals surface area (Å²) in [5, 5.41) is 2.96. The van der Waals surface area contributed by atoms with Crippen LogP contribution in [0.25, 0.3) is 0 Å². The second kappa shape index (κ2) is 9.23. The zero-order valence-corrected chi connectivity index (χ0v) is 13.5. The SMILES string of the molecule is COC[C@@H](C)NC(=O)C1CCN(C(=O)CCSC)CC1. The molecule has 1 saturated heterocycles. The van der Waals surface area contributed by atoms with Crippen molar-refractivity contribution in [2.45, 2.75) is 32.2 Å². The Kier molecular flexibility index (Phi) is 7.99. The summed E-state index contributed by atoms with van der Waals surface area (Å²) in [6, 6.07) is 0.0359. The van der Waals surface area contributed by atoms with Gasteiger partial charge < -0.3 is 15.0 Å². The van der Waals surface area contributed by atoms with Gasteiger partial charge in [0.25, 0.3) is 0 Å². The Morgan fingerprint density at radius 1 is 1.40 bits per heavy atom. The number of ether oxygens (including phenoxy) is 1. The fourth-order valence-electron chi connectivity index (χ4n) is 2.39. The molecule has 0 unspecified atom stereocenters. The maximum atomic E-state index is 12.1. The normalized spacial score (nSPS) is 17.9. The van der Waals surface area contributed by atoms with E-state index in [2.05, 4.69) is 5.32 Å². The van der Waals surface area contributed by atoms with Crippen LogP contribution in [0.2, 0.25) is 0 Å². The molecule has 1 aliphatic heterocycles. The molecule has 1 rings (SSSR count). The highest BCUT2D eigenvalue weighted by molar-refractivity contribution is 7.98. The topological polar surface area (TPSA) is 58.6 Å². The van der Waals surface area contributed by atoms with Gasteiger partial charge in [0.05, 0.1) is 6.61 Å². The first-order valence-corrected chi connectivity index (χ1v) is 8.54. The van der Waals surface area contributed by atoms with E-state index >= 15 is 0 Å². The van der Waals surface area contributed by atoms with Crippen molar-refractivity contribution in [2.75, 3.05) is 38.8 Å². The number of carbonyl (C=O) groups is 2. The van der Waals surface area contributed by atoms with E-state index < -0.39 is 0 Å². The second-order valence-electron chi connectivity index (χ2n) is 5.26. The molecule has 0 radical (unpaired) electrons. The van der Waals surface area contributed by atoms with Crippen LogP contribution < -0.4 is 5.32 Å². The molecule has 6 heteroatoms. The van der Waals surface area contributed by atoms with Crippen LogP contribution in [-0.4, -0.2) is 61.6 Å². The van der Waals surface area contributed by atoms with Crippen molar-refractivity contribution in [3.8, 4) is 0 Å². The van der Waals surface area contributed by atoms with Gasteiger partial charge in [0.2, 0.25) is 11.8 Å². The molecule has 0 aromatic carbocycles. The highest BCUT2D eigenvalue weighted by Crippen LogP contribution is 2.18. The maximum Gasteiger partial charge on any atom is 0.223 e. The fourth-order valence-corrected chi connectivity index (χ4v) is 2.77. The summed E-state index contributed by atoms with van der Waals surface area (Å²) in [4.78, 5) is 25.8. The molecule has 0 aromatic rings. The average molecular weight is 302 g/mol. The number of hydrogen-bond acceptors (Lipinski definition) is 4. The van der Waals surface area contributed by atoms with Gasteiger partial charge in [-0.3, -0.25) is 9.59 Å². The summed E-state index contributed by atoms with van der Waals surface area (Å²) in [6.07, 6.45) is 4.13. The van der Waals surface area contributed by atoms with Crippen LogP contribution in [0, 0.1) is 5.92 Å². The lowest BCUT2D eigenvalue weighted by Crippen LogP contribution is -2.45. The minimum atomic E-state index is 0.0268. The number of piperidine rings is 1. The third-order valence-electron chi connectivity index (χ3n) is 3.54. The molecule has 0 aliphatic carbocycles. The Labute approximate surface area is 125 Å². The molecule has 0 saturated carbocycles. The smallest absolute Gasteiger partial charge is 0.223 e. The van der Waals surface area contributed by atoms with Crippen LogP contribution in [0.1, 0.15) is 26.2 Å². The van der Waals surface area contributed by atoms with E-state index in [-0.39, 0.29) is 23.8 Å². The van der Waals surface area contributed by atoms with E-state index in [4.69, 9.17) is 4.74 Å². The lowest BCUT2D eigenvalue weighted by molar-refractivity contribution is -0.135. The van der Waals surface area contributed by atoms with E-state index in [9.17, 15) is 9.59 Å². The van der Waals surface area contributed by atoms with Crippen LogP contribution in [-0.2, 0) is 14.3 Å². The van der Waals surface area contributed by atoms with Crippen LogP contribution in [0.15, 0.2) is 0 Å². The second-order valence-corrected chi connectivity index (χ2v) is 6.25. The summed E-state index contributed by atoms with van der Waals surface area (Å²) >= 11 is 1.69. The standard InChI is InChI=1S/C14H26N2O3S/c1-11(10-19-2)15-14(18)12-4-7-16(8-5-12)13(17)6-9-20-3/h11-12H,4-10H2,1-3H3,(H,15,18)/t11-/m1/s1. The van der Waals surface area contributed by atoms with Crippen molar-refractivity contribution >= 4 is 23.6 Å². The highest BCUT2D eigenvalue weighted by atomic mass is 32.2. The van der Waals surface area contributed by atoms with E-state index in [1.54, 1.807) is 18.9 Å². The number of nitrogens with one attached hydrogen (secondary N) is 1. The number of amides is 2. The molecule has 1 heterocycles. The number of methoxy groups -OCH3 is 1. The predicted octanol–water partition coefficient (Wildman–Crippen LogP) is 1.13. The van der Waals surface area contributed by atoms with Crippen LogP contribution in [0.3, 0.4) is 0 Å². The summed E-state index contributed by atoms with van der Waals surface area (Å²) in [5.41, 5.74) is 0. The van der Waals surface area contributed by atoms with Gasteiger partial charge in [0.1, 0.15) is 0 Å². The molecule has 1 fully saturated rings. The van der Waals surface area contributed by atoms with Crippen molar-refractivity contribution in [1.82, 2.24) is 10.2 Å². The van der Waals surface area contributed by atoms with Gasteiger partial charge in [0.15, 0.2) is 0 Å². The molecule has 1 atom stereocenters. The monoisotopic (exact) mass is 302 g/mol. The predicted molar refractivity (Wildman–Crippen MR) is 81.8 cm³/mol. The zero-order valence-electron chi connectivity index (χ0n) is 12.7. The summed E-state index contributed by atoms with van der Waals surface area (Å²) in [7, 11) is 1.63. The lowest BCUT2D eigenvalue weighted by Gasteiger charge is -2.32. The van der Waals surface area contributed by atoms with E-state index in [0.29, 0.717) is 26.1 Å². The third-order valence-corrected chi connectivity index (χ3v) is 4.16. The fraction of sp³-hybridized carbons (Fsp3) is 0.857. The molecule has 116 valence electrons. The largest absolute Gasteiger partial charge is 0.383 e. The molecule has 0 spiro atoms. The molecule has 1 N–H and O–H groups in total. The van der Waals surface area contributed by atoms with Crippen molar-refractivity contribution in [3.05, 3.63) is 0 Å². The first kappa shape index (κ1) is 17.3. The molecule has 0 bridgehead atoms. The number of thioether (sulfide) groups is 1. The number of nitrogens with zero attached hydrogens (tertiary/aromatic N) is 1. The van der Waals surface area contributed by atoms with Gasteiger partial charge in [-0.15, -0.1) is 0 Å². The van der Waals surface area contributed by atoms with Gasteiger partial charge in [-0.05, 0) is 26.0 Å². The zero-order chi connectivity index (χ0) is 15.0. The summed E-state index contributed by atoms with van der Waals surface area (Å²) < 4.78 is 5.01. The van der Waals surface area contributed by atoms with Crippen molar-refractivity contribution < 1.29 is 14.3 Å². The first-order valence-electron chi connectivity index (χ1n) is 7.14. The Morgan fingerprint density at radius 2 is 2.05 bits per heavy atom. The van der Waals surface area contributed by atoms with Gasteiger partial charge >= 0.3 is 0 Å². The lowest BCUT2D eigenvalue weighted by atomic mass is 9.95. The third kappa shape index (κ3) is 5.71. The Morgan fingerprint density at radius 3 is 2.60 bits per heavy atom. The number of hydrogen-bond donors (Lipinski definition) is 1. The van der Waals surface area contributed by atoms with E-state index in [1.165, 1.54) is 0 Å². The Hall–Kier alpha value is -0.750. The highest BCUT2D eigenvalue weighted by Gasteiger charge is 2.27. The van der Waals surface area contributed by atoms with Crippen molar-refractivity contribution in [1.29, 1.82) is 0 Å². The number of likely N-dealkylation sites (tertiary alicyclic amines) is 1. The minimum absolute atomic E-state index is 0.0268. The van der Waals surface area contributed by atoms with Gasteiger partial charge in [-0.2, -0.15) is 11.8 Å². The van der Waals surface area contributed by atoms with E-state index in [1.807, 2.05) is 18.1 Å². The quantitative estimate of drug-likeness (QED) is 0.766. The van der Waals surface area contributed by atoms with E-state index in [0.717, 1.165) is 18.6 Å². The van der Waals surface area contributed by atoms with Gasteiger partial charge in [0, 0.05) is 44.3 Å². The molecule has 0 aromatic heterocycles. The molecule has 5 nitrogen and oxygen atoms in total. The molecular formula is C14H26N2O3S. The Bertz CT molecular complexity index is 318. The minimum Gasteiger partial charge on any atom is -0.383 e. The summed E-state index contributed by atoms with van der Waals surface area (Å²) in [6.45, 7) is 3.86. The number of rotatable bonds is 7. The molecule has 1 aliphatic rings.